The first-order valence-electron chi connectivity index (χ1n) is 14.1. The molecule has 0 atom stereocenters. The fourth-order valence-corrected chi connectivity index (χ4v) is 4.67. The minimum atomic E-state index is -0.973. The van der Waals surface area contributed by atoms with Gasteiger partial charge >= 0.3 is 0 Å². The Balaban J connectivity index is 1.43. The molecular weight excluding hydrogens is 458 g/mol. The Hall–Kier alpha value is -1.98. The number of rotatable bonds is 16. The molecule has 0 aliphatic carbocycles. The van der Waals surface area contributed by atoms with E-state index in [0.717, 1.165) is 31.2 Å². The highest BCUT2D eigenvalue weighted by atomic mass is 19.2. The topological polar surface area (TPSA) is 27.7 Å². The minimum Gasteiger partial charge on any atom is -0.490 e. The molecule has 1 saturated heterocycles. The Morgan fingerprint density at radius 1 is 0.722 bits per heavy atom. The third kappa shape index (κ3) is 8.85. The van der Waals surface area contributed by atoms with E-state index in [2.05, 4.69) is 38.1 Å². The third-order valence-corrected chi connectivity index (χ3v) is 7.00. The van der Waals surface area contributed by atoms with Gasteiger partial charge in [-0.1, -0.05) is 95.9 Å². The summed E-state index contributed by atoms with van der Waals surface area (Å²) < 4.78 is 46.6. The highest BCUT2D eigenvalue weighted by Crippen LogP contribution is 2.34. The molecule has 0 amide bonds. The molecule has 0 bridgehead atoms. The van der Waals surface area contributed by atoms with Gasteiger partial charge < -0.3 is 14.2 Å². The monoisotopic (exact) mass is 502 g/mol. The lowest BCUT2D eigenvalue weighted by atomic mass is 9.97. The summed E-state index contributed by atoms with van der Waals surface area (Å²) in [6.07, 6.45) is 13.2. The molecule has 2 aromatic carbocycles. The van der Waals surface area contributed by atoms with Gasteiger partial charge in [0.2, 0.25) is 5.82 Å². The molecule has 0 aromatic heterocycles. The number of halogens is 2. The number of hydrogen-bond donors (Lipinski definition) is 0. The molecule has 1 aliphatic rings. The lowest BCUT2D eigenvalue weighted by Crippen LogP contribution is -2.26. The molecule has 0 unspecified atom stereocenters. The molecule has 1 heterocycles. The molecule has 0 N–H and O–H groups in total. The summed E-state index contributed by atoms with van der Waals surface area (Å²) in [4.78, 5) is 0. The van der Waals surface area contributed by atoms with Crippen LogP contribution in [-0.2, 0) is 15.9 Å². The van der Waals surface area contributed by atoms with Gasteiger partial charge in [0, 0.05) is 11.5 Å². The highest BCUT2D eigenvalue weighted by Gasteiger charge is 2.28. The quantitative estimate of drug-likeness (QED) is 0.214. The minimum absolute atomic E-state index is 0.0503. The molecule has 36 heavy (non-hydrogen) atoms. The Kier molecular flexibility index (Phi) is 12.7. The summed E-state index contributed by atoms with van der Waals surface area (Å²) in [5.74, 6) is -1.90. The van der Waals surface area contributed by atoms with Crippen LogP contribution in [0.15, 0.2) is 36.4 Å². The maximum absolute atomic E-state index is 14.8. The van der Waals surface area contributed by atoms with Crippen LogP contribution < -0.4 is 4.74 Å². The van der Waals surface area contributed by atoms with Gasteiger partial charge in [0.25, 0.3) is 0 Å². The van der Waals surface area contributed by atoms with Gasteiger partial charge in [-0.15, -0.1) is 0 Å². The van der Waals surface area contributed by atoms with Gasteiger partial charge in [-0.3, -0.25) is 0 Å². The number of aryl methyl sites for hydroxylation is 1. The Morgan fingerprint density at radius 2 is 1.33 bits per heavy atom. The molecule has 3 rings (SSSR count). The smallest absolute Gasteiger partial charge is 0.201 e. The molecule has 1 fully saturated rings. The zero-order valence-electron chi connectivity index (χ0n) is 22.2. The van der Waals surface area contributed by atoms with Crippen LogP contribution >= 0.6 is 0 Å². The van der Waals surface area contributed by atoms with Crippen LogP contribution in [0.4, 0.5) is 8.78 Å². The van der Waals surface area contributed by atoms with E-state index in [4.69, 9.17) is 14.2 Å². The number of unbranched alkanes of at least 4 members (excludes halogenated alkanes) is 9. The van der Waals surface area contributed by atoms with E-state index in [1.807, 2.05) is 0 Å². The molecule has 1 aliphatic heterocycles. The molecule has 5 heteroatoms. The lowest BCUT2D eigenvalue weighted by molar-refractivity contribution is -0.193. The van der Waals surface area contributed by atoms with Crippen LogP contribution in [0.25, 0.3) is 0 Å². The summed E-state index contributed by atoms with van der Waals surface area (Å²) in [6.45, 7) is 5.61. The lowest BCUT2D eigenvalue weighted by Gasteiger charge is -2.30. The standard InChI is InChI=1S/C31H44F2O3/c1-3-5-7-9-10-11-13-21-34-28-20-19-27(29(32)30(28)33)31-35-22-26(23-36-31)25-17-15-24(16-18-25)14-12-8-6-4-2/h15-20,26,31H,3-14,21-23H2,1-2H3. The molecule has 0 spiro atoms. The van der Waals surface area contributed by atoms with E-state index in [9.17, 15) is 8.78 Å². The zero-order valence-corrected chi connectivity index (χ0v) is 22.2. The normalized spacial score (nSPS) is 17.9. The molecule has 3 nitrogen and oxygen atoms in total. The van der Waals surface area contributed by atoms with Crippen molar-refractivity contribution in [1.29, 1.82) is 0 Å². The predicted molar refractivity (Wildman–Crippen MR) is 142 cm³/mol. The van der Waals surface area contributed by atoms with E-state index < -0.39 is 17.9 Å². The van der Waals surface area contributed by atoms with Gasteiger partial charge in [0.1, 0.15) is 0 Å². The average Bonchev–Trinajstić information content (AvgIpc) is 2.91. The summed E-state index contributed by atoms with van der Waals surface area (Å²) in [6, 6.07) is 11.6. The Morgan fingerprint density at radius 3 is 2.00 bits per heavy atom. The second kappa shape index (κ2) is 16.0. The zero-order chi connectivity index (χ0) is 25.6. The van der Waals surface area contributed by atoms with Crippen molar-refractivity contribution in [2.75, 3.05) is 19.8 Å². The van der Waals surface area contributed by atoms with Crippen LogP contribution in [0.1, 0.15) is 113 Å². The number of benzene rings is 2. The van der Waals surface area contributed by atoms with Crippen molar-refractivity contribution in [2.24, 2.45) is 0 Å². The van der Waals surface area contributed by atoms with Crippen molar-refractivity contribution in [3.63, 3.8) is 0 Å². The van der Waals surface area contributed by atoms with Gasteiger partial charge in [-0.25, -0.2) is 4.39 Å². The fraction of sp³-hybridized carbons (Fsp3) is 0.613. The van der Waals surface area contributed by atoms with Gasteiger partial charge in [-0.05, 0) is 42.5 Å². The van der Waals surface area contributed by atoms with Crippen molar-refractivity contribution in [1.82, 2.24) is 0 Å². The maximum atomic E-state index is 14.8. The summed E-state index contributed by atoms with van der Waals surface area (Å²) in [5.41, 5.74) is 2.57. The average molecular weight is 503 g/mol. The molecule has 0 saturated carbocycles. The van der Waals surface area contributed by atoms with Crippen LogP contribution in [0, 0.1) is 11.6 Å². The third-order valence-electron chi connectivity index (χ3n) is 7.00. The maximum Gasteiger partial charge on any atom is 0.201 e. The van der Waals surface area contributed by atoms with Gasteiger partial charge in [0.05, 0.1) is 19.8 Å². The largest absolute Gasteiger partial charge is 0.490 e. The number of ether oxygens (including phenoxy) is 3. The molecule has 2 aromatic rings. The highest BCUT2D eigenvalue weighted by molar-refractivity contribution is 5.32. The van der Waals surface area contributed by atoms with Crippen molar-refractivity contribution in [3.8, 4) is 5.75 Å². The molecular formula is C31H44F2O3. The van der Waals surface area contributed by atoms with Crippen LogP contribution in [0.2, 0.25) is 0 Å². The molecule has 0 radical (unpaired) electrons. The second-order valence-electron chi connectivity index (χ2n) is 10.00. The van der Waals surface area contributed by atoms with E-state index >= 15 is 0 Å². The SMILES string of the molecule is CCCCCCCCCOc1ccc(C2OCC(c3ccc(CCCCCC)cc3)CO2)c(F)c1F. The van der Waals surface area contributed by atoms with Crippen molar-refractivity contribution in [3.05, 3.63) is 64.7 Å². The van der Waals surface area contributed by atoms with Gasteiger partial charge in [0.15, 0.2) is 17.9 Å². The summed E-state index contributed by atoms with van der Waals surface area (Å²) >= 11 is 0. The second-order valence-corrected chi connectivity index (χ2v) is 10.00. The first-order chi connectivity index (χ1) is 17.6. The van der Waals surface area contributed by atoms with Crippen LogP contribution in [0.3, 0.4) is 0 Å². The fourth-order valence-electron chi connectivity index (χ4n) is 4.67. The summed E-state index contributed by atoms with van der Waals surface area (Å²) in [5, 5.41) is 0. The first kappa shape index (κ1) is 28.6. The van der Waals surface area contributed by atoms with Crippen LogP contribution in [0.5, 0.6) is 5.75 Å². The van der Waals surface area contributed by atoms with E-state index in [-0.39, 0.29) is 17.2 Å². The van der Waals surface area contributed by atoms with Crippen molar-refractivity contribution < 1.29 is 23.0 Å². The van der Waals surface area contributed by atoms with Crippen LogP contribution in [-0.4, -0.2) is 19.8 Å². The van der Waals surface area contributed by atoms with E-state index in [1.54, 1.807) is 0 Å². The molecule has 200 valence electrons. The predicted octanol–water partition coefficient (Wildman–Crippen LogP) is 9.05. The van der Waals surface area contributed by atoms with Crippen molar-refractivity contribution >= 4 is 0 Å². The van der Waals surface area contributed by atoms with E-state index in [0.29, 0.717) is 19.8 Å². The Bertz CT molecular complexity index is 876. The first-order valence-corrected chi connectivity index (χ1v) is 14.1. The summed E-state index contributed by atoms with van der Waals surface area (Å²) in [7, 11) is 0. The van der Waals surface area contributed by atoms with Gasteiger partial charge in [-0.2, -0.15) is 4.39 Å². The van der Waals surface area contributed by atoms with Crippen molar-refractivity contribution in [2.45, 2.75) is 103 Å². The van der Waals surface area contributed by atoms with E-state index in [1.165, 1.54) is 69.1 Å². The number of hydrogen-bond acceptors (Lipinski definition) is 3. The Labute approximate surface area is 216 Å².